The fraction of sp³-hybridized carbons (Fsp3) is 0.143. The van der Waals surface area contributed by atoms with Crippen LogP contribution < -0.4 is 16.6 Å². The van der Waals surface area contributed by atoms with Gasteiger partial charge in [-0.2, -0.15) is 0 Å². The Hall–Kier alpha value is -3.10. The summed E-state index contributed by atoms with van der Waals surface area (Å²) in [5.41, 5.74) is 13.8. The Kier molecular flexibility index (Phi) is 7.26. The van der Waals surface area contributed by atoms with Crippen LogP contribution in [0.5, 0.6) is 0 Å². The van der Waals surface area contributed by atoms with Crippen molar-refractivity contribution in [2.45, 2.75) is 18.5 Å². The Morgan fingerprint density at radius 3 is 2.40 bits per heavy atom. The molecule has 7 nitrogen and oxygen atoms in total. The summed E-state index contributed by atoms with van der Waals surface area (Å²) in [6, 6.07) is 15.9. The van der Waals surface area contributed by atoms with Gasteiger partial charge >= 0.3 is 0 Å². The highest BCUT2D eigenvalue weighted by atomic mass is 35.5. The molecule has 0 atom stereocenters. The van der Waals surface area contributed by atoms with Gasteiger partial charge in [-0.1, -0.05) is 60.6 Å². The van der Waals surface area contributed by atoms with Crippen LogP contribution in [0.2, 0.25) is 5.02 Å². The first-order chi connectivity index (χ1) is 14.5. The molecule has 0 radical (unpaired) electrons. The number of hydrazine groups is 1. The van der Waals surface area contributed by atoms with Crippen molar-refractivity contribution in [1.82, 2.24) is 20.8 Å². The third-order valence-corrected chi connectivity index (χ3v) is 5.24. The molecule has 0 unspecified atom stereocenters. The minimum absolute atomic E-state index is 0.0257. The van der Waals surface area contributed by atoms with E-state index in [-0.39, 0.29) is 11.7 Å². The molecule has 154 valence electrons. The van der Waals surface area contributed by atoms with Gasteiger partial charge in [-0.15, -0.1) is 0 Å². The van der Waals surface area contributed by atoms with Crippen molar-refractivity contribution >= 4 is 41.0 Å². The molecule has 0 saturated carbocycles. The minimum Gasteiger partial charge on any atom is -0.383 e. The Bertz CT molecular complexity index is 1050. The maximum absolute atomic E-state index is 12.1. The summed E-state index contributed by atoms with van der Waals surface area (Å²) in [6.45, 7) is 1.97. The zero-order valence-corrected chi connectivity index (χ0v) is 17.8. The number of amides is 2. The predicted molar refractivity (Wildman–Crippen MR) is 119 cm³/mol. The van der Waals surface area contributed by atoms with Gasteiger partial charge in [0.1, 0.15) is 5.82 Å². The van der Waals surface area contributed by atoms with Crippen LogP contribution >= 0.6 is 23.4 Å². The van der Waals surface area contributed by atoms with Gasteiger partial charge in [-0.25, -0.2) is 9.97 Å². The van der Waals surface area contributed by atoms with Crippen molar-refractivity contribution in [3.05, 3.63) is 70.9 Å². The van der Waals surface area contributed by atoms with Crippen molar-refractivity contribution in [2.24, 2.45) is 0 Å². The summed E-state index contributed by atoms with van der Waals surface area (Å²) >= 11 is 7.10. The van der Waals surface area contributed by atoms with Crippen LogP contribution in [-0.4, -0.2) is 27.5 Å². The summed E-state index contributed by atoms with van der Waals surface area (Å²) in [5.74, 6) is -0.413. The zero-order valence-electron chi connectivity index (χ0n) is 16.2. The van der Waals surface area contributed by atoms with E-state index >= 15 is 0 Å². The smallest absolute Gasteiger partial charge is 0.269 e. The number of nitrogen functional groups attached to an aromatic ring is 1. The van der Waals surface area contributed by atoms with E-state index in [9.17, 15) is 9.59 Å². The first kappa shape index (κ1) is 21.6. The van der Waals surface area contributed by atoms with Gasteiger partial charge in [0.2, 0.25) is 5.91 Å². The summed E-state index contributed by atoms with van der Waals surface area (Å²) < 4.78 is 0. The molecule has 1 aromatic heterocycles. The first-order valence-corrected chi connectivity index (χ1v) is 10.5. The molecule has 3 aromatic rings. The lowest BCUT2D eigenvalue weighted by Gasteiger charge is -2.12. The number of nitrogens with one attached hydrogen (secondary N) is 2. The van der Waals surface area contributed by atoms with E-state index in [0.717, 1.165) is 28.6 Å². The fourth-order valence-corrected chi connectivity index (χ4v) is 3.50. The lowest BCUT2D eigenvalue weighted by molar-refractivity contribution is -0.119. The van der Waals surface area contributed by atoms with E-state index in [1.54, 1.807) is 42.5 Å². The van der Waals surface area contributed by atoms with E-state index in [1.807, 2.05) is 19.1 Å². The molecule has 0 aliphatic rings. The summed E-state index contributed by atoms with van der Waals surface area (Å²) in [4.78, 5) is 32.9. The van der Waals surface area contributed by atoms with Crippen molar-refractivity contribution in [3.63, 3.8) is 0 Å². The highest BCUT2D eigenvalue weighted by molar-refractivity contribution is 7.99. The van der Waals surface area contributed by atoms with Crippen molar-refractivity contribution in [1.29, 1.82) is 0 Å². The molecular weight excluding hydrogens is 422 g/mol. The van der Waals surface area contributed by atoms with Crippen LogP contribution in [0.25, 0.3) is 11.1 Å². The molecule has 30 heavy (non-hydrogen) atoms. The summed E-state index contributed by atoms with van der Waals surface area (Å²) in [7, 11) is 0. The van der Waals surface area contributed by atoms with Gasteiger partial charge in [-0.05, 0) is 36.2 Å². The number of aryl methyl sites for hydroxylation is 1. The lowest BCUT2D eigenvalue weighted by Crippen LogP contribution is -2.42. The maximum Gasteiger partial charge on any atom is 0.269 e. The number of benzene rings is 2. The minimum atomic E-state index is -0.393. The molecule has 4 N–H and O–H groups in total. The molecule has 1 heterocycles. The van der Waals surface area contributed by atoms with Crippen LogP contribution in [0, 0.1) is 0 Å². The van der Waals surface area contributed by atoms with Crippen LogP contribution in [0.15, 0.2) is 59.8 Å². The number of halogens is 1. The number of carbonyl (C=O) groups is 2. The third-order valence-electron chi connectivity index (χ3n) is 4.14. The van der Waals surface area contributed by atoms with Crippen LogP contribution in [0.1, 0.15) is 23.0 Å². The molecule has 9 heteroatoms. The van der Waals surface area contributed by atoms with Crippen LogP contribution in [0.3, 0.4) is 0 Å². The number of nitrogens with zero attached hydrogens (tertiary/aromatic N) is 2. The number of aromatic nitrogens is 2. The van der Waals surface area contributed by atoms with Gasteiger partial charge < -0.3 is 5.73 Å². The highest BCUT2D eigenvalue weighted by Gasteiger charge is 2.15. The molecule has 0 fully saturated rings. The number of anilines is 1. The Labute approximate surface area is 183 Å². The summed E-state index contributed by atoms with van der Waals surface area (Å²) in [5, 5.41) is 1.03. The molecule has 2 amide bonds. The number of carbonyl (C=O) groups excluding carboxylic acids is 2. The molecule has 0 saturated heterocycles. The third kappa shape index (κ3) is 5.49. The van der Waals surface area contributed by atoms with Gasteiger partial charge in [0.15, 0.2) is 5.16 Å². The van der Waals surface area contributed by atoms with Gasteiger partial charge in [0.05, 0.1) is 11.4 Å². The monoisotopic (exact) mass is 441 g/mol. The number of nitrogens with two attached hydrogens (primary N) is 1. The Morgan fingerprint density at radius 2 is 1.73 bits per heavy atom. The van der Waals surface area contributed by atoms with Gasteiger partial charge in [0.25, 0.3) is 5.91 Å². The zero-order chi connectivity index (χ0) is 21.5. The first-order valence-electron chi connectivity index (χ1n) is 9.17. The number of rotatable bonds is 6. The van der Waals surface area contributed by atoms with Crippen LogP contribution in [0.4, 0.5) is 5.82 Å². The normalized spacial score (nSPS) is 10.5. The SMILES string of the molecule is CCc1nc(SCC(=O)NNC(=O)c2ccccc2)nc(N)c1-c1ccc(Cl)cc1. The number of hydrogen-bond acceptors (Lipinski definition) is 6. The maximum atomic E-state index is 12.1. The standard InChI is InChI=1S/C21H20ClN5O2S/c1-2-16-18(13-8-10-15(22)11-9-13)19(23)25-21(24-16)30-12-17(28)26-27-20(29)14-6-4-3-5-7-14/h3-11H,2,12H2,1H3,(H,26,28)(H,27,29)(H2,23,24,25). The van der Waals surface area contributed by atoms with Gasteiger partial charge in [-0.3, -0.25) is 20.4 Å². The largest absolute Gasteiger partial charge is 0.383 e. The number of hydrogen-bond donors (Lipinski definition) is 3. The average molecular weight is 442 g/mol. The lowest BCUT2D eigenvalue weighted by atomic mass is 10.0. The van der Waals surface area contributed by atoms with E-state index in [4.69, 9.17) is 17.3 Å². The van der Waals surface area contributed by atoms with Crippen molar-refractivity contribution in [3.8, 4) is 11.1 Å². The quantitative estimate of drug-likeness (QED) is 0.307. The second kappa shape index (κ2) is 10.1. The van der Waals surface area contributed by atoms with Crippen LogP contribution in [-0.2, 0) is 11.2 Å². The molecule has 0 aliphatic heterocycles. The Morgan fingerprint density at radius 1 is 1.03 bits per heavy atom. The Balaban J connectivity index is 1.62. The molecule has 0 bridgehead atoms. The van der Waals surface area contributed by atoms with E-state index in [0.29, 0.717) is 28.0 Å². The average Bonchev–Trinajstić information content (AvgIpc) is 2.77. The molecular formula is C21H20ClN5O2S. The molecule has 0 spiro atoms. The second-order valence-corrected chi connectivity index (χ2v) is 7.61. The van der Waals surface area contributed by atoms with E-state index in [2.05, 4.69) is 20.8 Å². The molecule has 3 rings (SSSR count). The predicted octanol–water partition coefficient (Wildman–Crippen LogP) is 3.49. The van der Waals surface area contributed by atoms with Crippen molar-refractivity contribution in [2.75, 3.05) is 11.5 Å². The van der Waals surface area contributed by atoms with E-state index in [1.165, 1.54) is 0 Å². The van der Waals surface area contributed by atoms with Crippen molar-refractivity contribution < 1.29 is 9.59 Å². The second-order valence-electron chi connectivity index (χ2n) is 6.23. The van der Waals surface area contributed by atoms with Gasteiger partial charge in [0, 0.05) is 16.1 Å². The topological polar surface area (TPSA) is 110 Å². The highest BCUT2D eigenvalue weighted by Crippen LogP contribution is 2.30. The van der Waals surface area contributed by atoms with E-state index < -0.39 is 5.91 Å². The number of thioether (sulfide) groups is 1. The summed E-state index contributed by atoms with van der Waals surface area (Å²) in [6.07, 6.45) is 0.650. The molecule has 0 aliphatic carbocycles. The fourth-order valence-electron chi connectivity index (χ4n) is 2.71. The molecule has 2 aromatic carbocycles.